The highest BCUT2D eigenvalue weighted by Gasteiger charge is 2.12. The summed E-state index contributed by atoms with van der Waals surface area (Å²) in [6.45, 7) is 1.87. The number of methoxy groups -OCH3 is 2. The summed E-state index contributed by atoms with van der Waals surface area (Å²) < 4.78 is 15.9. The van der Waals surface area contributed by atoms with Crippen LogP contribution in [-0.2, 0) is 0 Å². The van der Waals surface area contributed by atoms with Crippen LogP contribution in [-0.4, -0.2) is 14.2 Å². The fraction of sp³-hybridized carbons (Fsp3) is 0.188. The van der Waals surface area contributed by atoms with Gasteiger partial charge in [0.15, 0.2) is 0 Å². The van der Waals surface area contributed by atoms with Gasteiger partial charge in [-0.1, -0.05) is 0 Å². The van der Waals surface area contributed by atoms with E-state index in [-0.39, 0.29) is 5.63 Å². The third-order valence-corrected chi connectivity index (χ3v) is 3.51. The van der Waals surface area contributed by atoms with Gasteiger partial charge >= 0.3 is 5.63 Å². The van der Waals surface area contributed by atoms with Crippen molar-refractivity contribution in [1.82, 2.24) is 0 Å². The molecule has 1 aromatic heterocycles. The first-order valence-electron chi connectivity index (χ1n) is 6.24. The molecular formula is C16H14O4. The second-order valence-electron chi connectivity index (χ2n) is 4.57. The Kier molecular flexibility index (Phi) is 2.86. The highest BCUT2D eigenvalue weighted by Crippen LogP contribution is 2.32. The molecule has 0 saturated heterocycles. The quantitative estimate of drug-likeness (QED) is 0.529. The van der Waals surface area contributed by atoms with Gasteiger partial charge in [0, 0.05) is 16.3 Å². The SMILES string of the molecule is COc1ccc2c(=O)oc3c(C)c(OC)ccc3c2c1. The number of benzene rings is 2. The summed E-state index contributed by atoms with van der Waals surface area (Å²) in [5, 5.41) is 2.24. The summed E-state index contributed by atoms with van der Waals surface area (Å²) >= 11 is 0. The molecule has 4 nitrogen and oxygen atoms in total. The van der Waals surface area contributed by atoms with Crippen LogP contribution in [0.1, 0.15) is 5.56 Å². The van der Waals surface area contributed by atoms with E-state index in [1.807, 2.05) is 25.1 Å². The van der Waals surface area contributed by atoms with Crippen LogP contribution >= 0.6 is 0 Å². The molecular weight excluding hydrogens is 256 g/mol. The van der Waals surface area contributed by atoms with Crippen molar-refractivity contribution in [2.75, 3.05) is 14.2 Å². The molecule has 0 fully saturated rings. The summed E-state index contributed by atoms with van der Waals surface area (Å²) in [7, 11) is 3.19. The molecule has 0 aliphatic heterocycles. The summed E-state index contributed by atoms with van der Waals surface area (Å²) in [5.41, 5.74) is 1.01. The van der Waals surface area contributed by atoms with E-state index in [4.69, 9.17) is 13.9 Å². The van der Waals surface area contributed by atoms with Crippen molar-refractivity contribution in [3.8, 4) is 11.5 Å². The van der Waals surface area contributed by atoms with E-state index in [0.717, 1.165) is 16.3 Å². The normalized spacial score (nSPS) is 10.9. The van der Waals surface area contributed by atoms with Crippen LogP contribution in [0.2, 0.25) is 0 Å². The predicted octanol–water partition coefficient (Wildman–Crippen LogP) is 3.27. The Labute approximate surface area is 115 Å². The minimum Gasteiger partial charge on any atom is -0.497 e. The second kappa shape index (κ2) is 4.56. The van der Waals surface area contributed by atoms with Crippen LogP contribution < -0.4 is 15.1 Å². The van der Waals surface area contributed by atoms with E-state index in [2.05, 4.69) is 0 Å². The first-order chi connectivity index (χ1) is 9.65. The Hall–Kier alpha value is -2.49. The lowest BCUT2D eigenvalue weighted by Gasteiger charge is -2.09. The number of rotatable bonds is 2. The fourth-order valence-electron chi connectivity index (χ4n) is 2.44. The van der Waals surface area contributed by atoms with E-state index in [0.29, 0.717) is 22.5 Å². The monoisotopic (exact) mass is 270 g/mol. The molecule has 0 aliphatic rings. The molecule has 3 rings (SSSR count). The first kappa shape index (κ1) is 12.5. The first-order valence-corrected chi connectivity index (χ1v) is 6.24. The van der Waals surface area contributed by atoms with Crippen molar-refractivity contribution in [2.45, 2.75) is 6.92 Å². The van der Waals surface area contributed by atoms with Crippen molar-refractivity contribution < 1.29 is 13.9 Å². The maximum Gasteiger partial charge on any atom is 0.344 e. The van der Waals surface area contributed by atoms with E-state index >= 15 is 0 Å². The maximum atomic E-state index is 12.1. The van der Waals surface area contributed by atoms with E-state index in [9.17, 15) is 4.79 Å². The van der Waals surface area contributed by atoms with Crippen LogP contribution in [0.4, 0.5) is 0 Å². The molecule has 0 amide bonds. The largest absolute Gasteiger partial charge is 0.497 e. The van der Waals surface area contributed by atoms with Gasteiger partial charge in [0.1, 0.15) is 17.1 Å². The Bertz CT molecular complexity index is 862. The summed E-state index contributed by atoms with van der Waals surface area (Å²) in [6, 6.07) is 9.09. The van der Waals surface area contributed by atoms with Gasteiger partial charge < -0.3 is 13.9 Å². The Morgan fingerprint density at radius 2 is 1.70 bits per heavy atom. The van der Waals surface area contributed by atoms with Crippen molar-refractivity contribution in [3.63, 3.8) is 0 Å². The molecule has 2 aromatic carbocycles. The van der Waals surface area contributed by atoms with Crippen LogP contribution in [0, 0.1) is 6.92 Å². The predicted molar refractivity (Wildman–Crippen MR) is 77.8 cm³/mol. The average molecular weight is 270 g/mol. The molecule has 0 bridgehead atoms. The van der Waals surface area contributed by atoms with Gasteiger partial charge in [-0.15, -0.1) is 0 Å². The van der Waals surface area contributed by atoms with Gasteiger partial charge in [-0.3, -0.25) is 0 Å². The summed E-state index contributed by atoms with van der Waals surface area (Å²) in [5.74, 6) is 1.40. The van der Waals surface area contributed by atoms with Gasteiger partial charge in [0.25, 0.3) is 0 Å². The fourth-order valence-corrected chi connectivity index (χ4v) is 2.44. The molecule has 4 heteroatoms. The lowest BCUT2D eigenvalue weighted by molar-refractivity contribution is 0.411. The lowest BCUT2D eigenvalue weighted by atomic mass is 10.0. The number of aryl methyl sites for hydroxylation is 1. The zero-order valence-electron chi connectivity index (χ0n) is 11.5. The molecule has 1 heterocycles. The van der Waals surface area contributed by atoms with Gasteiger partial charge in [-0.2, -0.15) is 0 Å². The topological polar surface area (TPSA) is 48.7 Å². The number of hydrogen-bond acceptors (Lipinski definition) is 4. The second-order valence-corrected chi connectivity index (χ2v) is 4.57. The molecule has 0 atom stereocenters. The van der Waals surface area contributed by atoms with Gasteiger partial charge in [0.05, 0.1) is 19.6 Å². The maximum absolute atomic E-state index is 12.1. The lowest BCUT2D eigenvalue weighted by Crippen LogP contribution is -2.01. The number of fused-ring (bicyclic) bond motifs is 3. The van der Waals surface area contributed by atoms with Crippen molar-refractivity contribution in [2.24, 2.45) is 0 Å². The van der Waals surface area contributed by atoms with E-state index in [1.54, 1.807) is 26.4 Å². The van der Waals surface area contributed by atoms with E-state index < -0.39 is 0 Å². The van der Waals surface area contributed by atoms with Gasteiger partial charge in [-0.05, 0) is 37.3 Å². The summed E-state index contributed by atoms with van der Waals surface area (Å²) in [4.78, 5) is 12.1. The molecule has 20 heavy (non-hydrogen) atoms. The molecule has 0 N–H and O–H groups in total. The number of ether oxygens (including phenoxy) is 2. The van der Waals surface area contributed by atoms with Gasteiger partial charge in [-0.25, -0.2) is 4.79 Å². The Morgan fingerprint density at radius 3 is 2.40 bits per heavy atom. The molecule has 0 aliphatic carbocycles. The molecule has 0 radical (unpaired) electrons. The molecule has 0 saturated carbocycles. The van der Waals surface area contributed by atoms with E-state index in [1.165, 1.54) is 0 Å². The molecule has 102 valence electrons. The van der Waals surface area contributed by atoms with Crippen molar-refractivity contribution in [1.29, 1.82) is 0 Å². The number of hydrogen-bond donors (Lipinski definition) is 0. The molecule has 0 unspecified atom stereocenters. The van der Waals surface area contributed by atoms with Crippen molar-refractivity contribution in [3.05, 3.63) is 46.3 Å². The third kappa shape index (κ3) is 1.72. The highest BCUT2D eigenvalue weighted by atomic mass is 16.5. The van der Waals surface area contributed by atoms with Crippen LogP contribution in [0.15, 0.2) is 39.5 Å². The average Bonchev–Trinajstić information content (AvgIpc) is 2.48. The standard InChI is InChI=1S/C16H14O4/c1-9-14(19-3)7-6-11-13-8-10(18-2)4-5-12(13)16(17)20-15(9)11/h4-8H,1-3H3. The van der Waals surface area contributed by atoms with Crippen LogP contribution in [0.25, 0.3) is 21.7 Å². The van der Waals surface area contributed by atoms with Crippen LogP contribution in [0.3, 0.4) is 0 Å². The minimum atomic E-state index is -0.355. The smallest absolute Gasteiger partial charge is 0.344 e. The summed E-state index contributed by atoms with van der Waals surface area (Å²) in [6.07, 6.45) is 0. The minimum absolute atomic E-state index is 0.355. The zero-order chi connectivity index (χ0) is 14.3. The Morgan fingerprint density at radius 1 is 0.950 bits per heavy atom. The zero-order valence-corrected chi connectivity index (χ0v) is 11.5. The molecule has 3 aromatic rings. The van der Waals surface area contributed by atoms with Gasteiger partial charge in [0.2, 0.25) is 0 Å². The van der Waals surface area contributed by atoms with Crippen molar-refractivity contribution >= 4 is 21.7 Å². The molecule has 0 spiro atoms. The Balaban J connectivity index is 2.52. The highest BCUT2D eigenvalue weighted by molar-refractivity contribution is 6.06. The third-order valence-electron chi connectivity index (χ3n) is 3.51. The van der Waals surface area contributed by atoms with Crippen LogP contribution in [0.5, 0.6) is 11.5 Å².